The Bertz CT molecular complexity index is 665. The smallest absolute Gasteiger partial charge is 0.256 e. The van der Waals surface area contributed by atoms with Crippen LogP contribution in [0.5, 0.6) is 5.75 Å². The summed E-state index contributed by atoms with van der Waals surface area (Å²) in [6.07, 6.45) is 1.51. The molecule has 0 fully saturated rings. The molecule has 20 heavy (non-hydrogen) atoms. The second kappa shape index (κ2) is 6.32. The van der Waals surface area contributed by atoms with Gasteiger partial charge in [-0.05, 0) is 50.1 Å². The fourth-order valence-corrected chi connectivity index (χ4v) is 2.10. The Labute approximate surface area is 131 Å². The van der Waals surface area contributed by atoms with Gasteiger partial charge < -0.3 is 10.1 Å². The van der Waals surface area contributed by atoms with Crippen LogP contribution in [0, 0.1) is 5.82 Å². The van der Waals surface area contributed by atoms with Crippen molar-refractivity contribution >= 4 is 43.6 Å². The predicted molar refractivity (Wildman–Crippen MR) is 80.5 cm³/mol. The fourth-order valence-electron chi connectivity index (χ4n) is 1.47. The van der Waals surface area contributed by atoms with Crippen LogP contribution in [0.4, 0.5) is 10.2 Å². The molecule has 0 saturated heterocycles. The Morgan fingerprint density at radius 3 is 2.70 bits per heavy atom. The molecule has 1 N–H and O–H groups in total. The van der Waals surface area contributed by atoms with E-state index in [2.05, 4.69) is 42.2 Å². The van der Waals surface area contributed by atoms with Crippen LogP contribution in [0.1, 0.15) is 10.4 Å². The van der Waals surface area contributed by atoms with Crippen molar-refractivity contribution in [1.29, 1.82) is 0 Å². The van der Waals surface area contributed by atoms with Gasteiger partial charge >= 0.3 is 0 Å². The van der Waals surface area contributed by atoms with E-state index in [-0.39, 0.29) is 5.56 Å². The minimum Gasteiger partial charge on any atom is -0.495 e. The third-order valence-electron chi connectivity index (χ3n) is 2.46. The molecule has 2 rings (SSSR count). The largest absolute Gasteiger partial charge is 0.495 e. The third kappa shape index (κ3) is 3.34. The van der Waals surface area contributed by atoms with Gasteiger partial charge in [-0.1, -0.05) is 0 Å². The topological polar surface area (TPSA) is 51.2 Å². The number of amides is 1. The molecule has 0 radical (unpaired) electrons. The molecule has 0 spiro atoms. The Hall–Kier alpha value is -1.47. The van der Waals surface area contributed by atoms with Crippen molar-refractivity contribution < 1.29 is 13.9 Å². The average molecular weight is 404 g/mol. The first-order valence-electron chi connectivity index (χ1n) is 5.47. The maximum atomic E-state index is 13.4. The first kappa shape index (κ1) is 14.9. The van der Waals surface area contributed by atoms with E-state index in [1.165, 1.54) is 25.4 Å². The minimum atomic E-state index is -0.501. The highest BCUT2D eigenvalue weighted by Crippen LogP contribution is 2.26. The molecule has 0 saturated carbocycles. The Balaban J connectivity index is 2.21. The third-order valence-corrected chi connectivity index (χ3v) is 3.70. The molecule has 0 aliphatic rings. The molecule has 1 aromatic carbocycles. The Morgan fingerprint density at radius 1 is 1.30 bits per heavy atom. The molecular weight excluding hydrogens is 395 g/mol. The van der Waals surface area contributed by atoms with E-state index < -0.39 is 11.7 Å². The van der Waals surface area contributed by atoms with Crippen LogP contribution in [-0.2, 0) is 0 Å². The second-order valence-corrected chi connectivity index (χ2v) is 5.50. The van der Waals surface area contributed by atoms with Crippen molar-refractivity contribution in [3.8, 4) is 5.75 Å². The lowest BCUT2D eigenvalue weighted by Crippen LogP contribution is -2.13. The number of benzene rings is 1. The van der Waals surface area contributed by atoms with Crippen molar-refractivity contribution in [2.75, 3.05) is 12.4 Å². The van der Waals surface area contributed by atoms with Crippen molar-refractivity contribution in [3.63, 3.8) is 0 Å². The number of carbonyl (C=O) groups is 1. The van der Waals surface area contributed by atoms with Crippen molar-refractivity contribution in [2.24, 2.45) is 0 Å². The van der Waals surface area contributed by atoms with Crippen molar-refractivity contribution in [1.82, 2.24) is 4.98 Å². The highest BCUT2D eigenvalue weighted by Gasteiger charge is 2.11. The summed E-state index contributed by atoms with van der Waals surface area (Å²) in [6, 6.07) is 5.70. The zero-order valence-electron chi connectivity index (χ0n) is 10.3. The standard InChI is InChI=1S/C13H9Br2FN2O2/c1-20-11-5-12(17-6-9(11)15)18-13(19)7-2-3-8(14)10(16)4-7/h2-6H,1H3,(H,17,18,19). The number of methoxy groups -OCH3 is 1. The van der Waals surface area contributed by atoms with Gasteiger partial charge in [0, 0.05) is 17.8 Å². The van der Waals surface area contributed by atoms with Crippen LogP contribution in [0.15, 0.2) is 39.4 Å². The summed E-state index contributed by atoms with van der Waals surface area (Å²) in [7, 11) is 1.51. The van der Waals surface area contributed by atoms with Gasteiger partial charge in [0.1, 0.15) is 17.4 Å². The van der Waals surface area contributed by atoms with E-state index in [1.54, 1.807) is 6.07 Å². The molecule has 1 aromatic heterocycles. The summed E-state index contributed by atoms with van der Waals surface area (Å²) in [5.74, 6) is -0.0945. The molecule has 2 aromatic rings. The zero-order chi connectivity index (χ0) is 14.7. The molecule has 1 heterocycles. The van der Waals surface area contributed by atoms with Crippen LogP contribution >= 0.6 is 31.9 Å². The number of ether oxygens (including phenoxy) is 1. The molecule has 0 unspecified atom stereocenters. The normalized spacial score (nSPS) is 10.2. The van der Waals surface area contributed by atoms with Crippen LogP contribution in [0.3, 0.4) is 0 Å². The number of nitrogens with zero attached hydrogens (tertiary/aromatic N) is 1. The second-order valence-electron chi connectivity index (χ2n) is 3.79. The number of carbonyl (C=O) groups excluding carboxylic acids is 1. The van der Waals surface area contributed by atoms with Crippen LogP contribution in [-0.4, -0.2) is 18.0 Å². The quantitative estimate of drug-likeness (QED) is 0.842. The fraction of sp³-hybridized carbons (Fsp3) is 0.0769. The lowest BCUT2D eigenvalue weighted by Gasteiger charge is -2.08. The number of hydrogen-bond donors (Lipinski definition) is 1. The monoisotopic (exact) mass is 402 g/mol. The van der Waals surface area contributed by atoms with Gasteiger partial charge in [0.15, 0.2) is 0 Å². The van der Waals surface area contributed by atoms with Crippen LogP contribution in [0.2, 0.25) is 0 Å². The van der Waals surface area contributed by atoms with E-state index in [4.69, 9.17) is 4.74 Å². The molecule has 104 valence electrons. The van der Waals surface area contributed by atoms with Gasteiger partial charge in [0.2, 0.25) is 0 Å². The molecule has 1 amide bonds. The van der Waals surface area contributed by atoms with Crippen LogP contribution < -0.4 is 10.1 Å². The number of anilines is 1. The summed E-state index contributed by atoms with van der Waals surface area (Å²) < 4.78 is 19.5. The van der Waals surface area contributed by atoms with E-state index in [0.717, 1.165) is 6.07 Å². The molecule has 0 bridgehead atoms. The first-order chi connectivity index (χ1) is 9.51. The maximum Gasteiger partial charge on any atom is 0.256 e. The highest BCUT2D eigenvalue weighted by molar-refractivity contribution is 9.10. The van der Waals surface area contributed by atoms with E-state index in [9.17, 15) is 9.18 Å². The van der Waals surface area contributed by atoms with Gasteiger partial charge in [-0.3, -0.25) is 4.79 Å². The molecule has 0 atom stereocenters. The molecule has 7 heteroatoms. The van der Waals surface area contributed by atoms with Gasteiger partial charge in [0.25, 0.3) is 5.91 Å². The number of pyridine rings is 1. The molecule has 4 nitrogen and oxygen atoms in total. The minimum absolute atomic E-state index is 0.203. The van der Waals surface area contributed by atoms with E-state index >= 15 is 0 Å². The first-order valence-corrected chi connectivity index (χ1v) is 7.06. The molecular formula is C13H9Br2FN2O2. The van der Waals surface area contributed by atoms with Gasteiger partial charge in [-0.2, -0.15) is 0 Å². The Morgan fingerprint density at radius 2 is 2.05 bits per heavy atom. The summed E-state index contributed by atoms with van der Waals surface area (Å²) in [6.45, 7) is 0. The number of rotatable bonds is 3. The molecule has 0 aliphatic carbocycles. The van der Waals surface area contributed by atoms with Gasteiger partial charge in [0.05, 0.1) is 16.1 Å². The SMILES string of the molecule is COc1cc(NC(=O)c2ccc(Br)c(F)c2)ncc1Br. The van der Waals surface area contributed by atoms with Crippen molar-refractivity contribution in [2.45, 2.75) is 0 Å². The lowest BCUT2D eigenvalue weighted by molar-refractivity contribution is 0.102. The maximum absolute atomic E-state index is 13.4. The zero-order valence-corrected chi connectivity index (χ0v) is 13.5. The predicted octanol–water partition coefficient (Wildman–Crippen LogP) is 4.01. The number of hydrogen-bond acceptors (Lipinski definition) is 3. The Kier molecular flexibility index (Phi) is 4.72. The lowest BCUT2D eigenvalue weighted by atomic mass is 10.2. The van der Waals surface area contributed by atoms with Crippen LogP contribution in [0.25, 0.3) is 0 Å². The summed E-state index contributed by atoms with van der Waals surface area (Å²) in [4.78, 5) is 16.0. The van der Waals surface area contributed by atoms with E-state index in [1.807, 2.05) is 0 Å². The van der Waals surface area contributed by atoms with Crippen molar-refractivity contribution in [3.05, 3.63) is 50.8 Å². The highest BCUT2D eigenvalue weighted by atomic mass is 79.9. The van der Waals surface area contributed by atoms with E-state index in [0.29, 0.717) is 20.5 Å². The number of nitrogens with one attached hydrogen (secondary N) is 1. The summed E-state index contributed by atoms with van der Waals surface area (Å²) in [5.41, 5.74) is 0.203. The van der Waals surface area contributed by atoms with Gasteiger partial charge in [-0.15, -0.1) is 0 Å². The molecule has 0 aliphatic heterocycles. The number of halogens is 3. The average Bonchev–Trinajstić information content (AvgIpc) is 2.43. The summed E-state index contributed by atoms with van der Waals surface area (Å²) >= 11 is 6.30. The number of aromatic nitrogens is 1. The summed E-state index contributed by atoms with van der Waals surface area (Å²) in [5, 5.41) is 2.57. The van der Waals surface area contributed by atoms with Gasteiger partial charge in [-0.25, -0.2) is 9.37 Å².